The van der Waals surface area contributed by atoms with E-state index in [4.69, 9.17) is 9.47 Å². The Labute approximate surface area is 93.4 Å². The number of hydrogen-bond donors (Lipinski definition) is 0. The van der Waals surface area contributed by atoms with Crippen LogP contribution in [0.4, 0.5) is 0 Å². The molecular formula is C11H15BrO2. The van der Waals surface area contributed by atoms with Crippen LogP contribution < -0.4 is 4.74 Å². The molecule has 0 bridgehead atoms. The Hall–Kier alpha value is -0.540. The number of hydrogen-bond acceptors (Lipinski definition) is 2. The highest BCUT2D eigenvalue weighted by atomic mass is 79.9. The van der Waals surface area contributed by atoms with Crippen molar-refractivity contribution in [3.05, 3.63) is 30.3 Å². The van der Waals surface area contributed by atoms with Gasteiger partial charge in [-0.05, 0) is 19.1 Å². The van der Waals surface area contributed by atoms with Crippen molar-refractivity contribution in [2.45, 2.75) is 13.0 Å². The average molecular weight is 259 g/mol. The monoisotopic (exact) mass is 258 g/mol. The molecule has 0 radical (unpaired) electrons. The molecule has 0 aromatic heterocycles. The minimum absolute atomic E-state index is 0.245. The minimum Gasteiger partial charge on any atom is -0.491 e. The zero-order valence-electron chi connectivity index (χ0n) is 8.28. The largest absolute Gasteiger partial charge is 0.491 e. The van der Waals surface area contributed by atoms with Gasteiger partial charge in [0.05, 0.1) is 12.7 Å². The normalized spacial score (nSPS) is 12.4. The molecule has 1 aromatic rings. The van der Waals surface area contributed by atoms with E-state index in [9.17, 15) is 0 Å². The van der Waals surface area contributed by atoms with Crippen LogP contribution in [0.3, 0.4) is 0 Å². The van der Waals surface area contributed by atoms with Crippen LogP contribution in [0.15, 0.2) is 30.3 Å². The van der Waals surface area contributed by atoms with E-state index >= 15 is 0 Å². The Morgan fingerprint density at radius 2 is 1.93 bits per heavy atom. The lowest BCUT2D eigenvalue weighted by Gasteiger charge is -2.10. The van der Waals surface area contributed by atoms with Gasteiger partial charge in [0, 0.05) is 5.33 Å². The number of halogens is 1. The summed E-state index contributed by atoms with van der Waals surface area (Å²) >= 11 is 3.35. The van der Waals surface area contributed by atoms with E-state index in [1.807, 2.05) is 37.3 Å². The number of rotatable bonds is 6. The summed E-state index contributed by atoms with van der Waals surface area (Å²) in [7, 11) is 0. The lowest BCUT2D eigenvalue weighted by atomic mass is 10.3. The van der Waals surface area contributed by atoms with E-state index in [-0.39, 0.29) is 6.10 Å². The summed E-state index contributed by atoms with van der Waals surface area (Å²) in [6.45, 7) is 3.25. The Bertz CT molecular complexity index is 238. The van der Waals surface area contributed by atoms with Crippen LogP contribution in [0, 0.1) is 0 Å². The van der Waals surface area contributed by atoms with Gasteiger partial charge in [-0.3, -0.25) is 0 Å². The fourth-order valence-electron chi connectivity index (χ4n) is 0.970. The first kappa shape index (κ1) is 11.5. The van der Waals surface area contributed by atoms with Crippen molar-refractivity contribution in [2.24, 2.45) is 0 Å². The maximum absolute atomic E-state index is 5.46. The molecule has 0 N–H and O–H groups in total. The van der Waals surface area contributed by atoms with Crippen molar-refractivity contribution in [3.63, 3.8) is 0 Å². The molecule has 14 heavy (non-hydrogen) atoms. The van der Waals surface area contributed by atoms with Crippen LogP contribution in [0.2, 0.25) is 0 Å². The first-order chi connectivity index (χ1) is 6.83. The lowest BCUT2D eigenvalue weighted by molar-refractivity contribution is 0.0585. The van der Waals surface area contributed by atoms with Crippen LogP contribution in [-0.2, 0) is 4.74 Å². The smallest absolute Gasteiger partial charge is 0.119 e. The second-order valence-electron chi connectivity index (χ2n) is 3.00. The third-order valence-corrected chi connectivity index (χ3v) is 2.63. The molecule has 0 aliphatic carbocycles. The van der Waals surface area contributed by atoms with Gasteiger partial charge in [0.25, 0.3) is 0 Å². The molecule has 78 valence electrons. The molecule has 3 heteroatoms. The summed E-state index contributed by atoms with van der Waals surface area (Å²) in [5, 5.41) is 0.859. The molecule has 1 rings (SSSR count). The van der Waals surface area contributed by atoms with Crippen molar-refractivity contribution in [3.8, 4) is 5.75 Å². The molecule has 0 spiro atoms. The highest BCUT2D eigenvalue weighted by Gasteiger charge is 1.98. The van der Waals surface area contributed by atoms with Gasteiger partial charge in [-0.1, -0.05) is 34.1 Å². The number of para-hydroxylation sites is 1. The van der Waals surface area contributed by atoms with E-state index in [1.54, 1.807) is 0 Å². The van der Waals surface area contributed by atoms with Gasteiger partial charge in [-0.25, -0.2) is 0 Å². The summed E-state index contributed by atoms with van der Waals surface area (Å²) < 4.78 is 10.9. The topological polar surface area (TPSA) is 18.5 Å². The van der Waals surface area contributed by atoms with Crippen molar-refractivity contribution in [1.29, 1.82) is 0 Å². The third kappa shape index (κ3) is 4.63. The molecule has 1 atom stereocenters. The second-order valence-corrected chi connectivity index (χ2v) is 3.64. The van der Waals surface area contributed by atoms with Gasteiger partial charge in [-0.15, -0.1) is 0 Å². The van der Waals surface area contributed by atoms with Gasteiger partial charge in [0.15, 0.2) is 0 Å². The number of ether oxygens (including phenoxy) is 2. The zero-order chi connectivity index (χ0) is 10.2. The second kappa shape index (κ2) is 6.85. The molecule has 1 unspecified atom stereocenters. The highest BCUT2D eigenvalue weighted by Crippen LogP contribution is 2.07. The molecular weight excluding hydrogens is 244 g/mol. The van der Waals surface area contributed by atoms with Crippen LogP contribution >= 0.6 is 15.9 Å². The van der Waals surface area contributed by atoms with Crippen molar-refractivity contribution >= 4 is 15.9 Å². The van der Waals surface area contributed by atoms with E-state index in [0.717, 1.165) is 11.1 Å². The average Bonchev–Trinajstić information content (AvgIpc) is 2.25. The van der Waals surface area contributed by atoms with Crippen molar-refractivity contribution in [1.82, 2.24) is 0 Å². The summed E-state index contributed by atoms with van der Waals surface area (Å²) in [6.07, 6.45) is 0.245. The maximum Gasteiger partial charge on any atom is 0.119 e. The summed E-state index contributed by atoms with van der Waals surface area (Å²) in [6, 6.07) is 9.76. The first-order valence-corrected chi connectivity index (χ1v) is 5.80. The Kier molecular flexibility index (Phi) is 5.64. The quantitative estimate of drug-likeness (QED) is 0.577. The Morgan fingerprint density at radius 3 is 2.57 bits per heavy atom. The Balaban J connectivity index is 2.10. The van der Waals surface area contributed by atoms with E-state index < -0.39 is 0 Å². The molecule has 1 aromatic carbocycles. The SMILES string of the molecule is CC(CBr)OCCOc1ccccc1. The van der Waals surface area contributed by atoms with Gasteiger partial charge in [-0.2, -0.15) is 0 Å². The van der Waals surface area contributed by atoms with E-state index in [1.165, 1.54) is 0 Å². The van der Waals surface area contributed by atoms with E-state index in [2.05, 4.69) is 15.9 Å². The standard InChI is InChI=1S/C11H15BrO2/c1-10(9-12)13-7-8-14-11-5-3-2-4-6-11/h2-6,10H,7-9H2,1H3. The molecule has 0 saturated heterocycles. The highest BCUT2D eigenvalue weighted by molar-refractivity contribution is 9.09. The molecule has 0 saturated carbocycles. The summed E-state index contributed by atoms with van der Waals surface area (Å²) in [5.74, 6) is 0.891. The molecule has 0 aliphatic heterocycles. The number of benzene rings is 1. The zero-order valence-corrected chi connectivity index (χ0v) is 9.87. The first-order valence-electron chi connectivity index (χ1n) is 4.68. The van der Waals surface area contributed by atoms with Gasteiger partial charge < -0.3 is 9.47 Å². The van der Waals surface area contributed by atoms with Crippen LogP contribution in [0.25, 0.3) is 0 Å². The molecule has 0 heterocycles. The van der Waals surface area contributed by atoms with Crippen molar-refractivity contribution < 1.29 is 9.47 Å². The van der Waals surface area contributed by atoms with Crippen LogP contribution in [-0.4, -0.2) is 24.6 Å². The van der Waals surface area contributed by atoms with E-state index in [0.29, 0.717) is 13.2 Å². The molecule has 0 aliphatic rings. The minimum atomic E-state index is 0.245. The Morgan fingerprint density at radius 1 is 1.21 bits per heavy atom. The lowest BCUT2D eigenvalue weighted by Crippen LogP contribution is -2.15. The molecule has 0 amide bonds. The summed E-state index contributed by atoms with van der Waals surface area (Å²) in [5.41, 5.74) is 0. The summed E-state index contributed by atoms with van der Waals surface area (Å²) in [4.78, 5) is 0. The molecule has 0 fully saturated rings. The maximum atomic E-state index is 5.46. The fourth-order valence-corrected chi connectivity index (χ4v) is 1.16. The predicted octanol–water partition coefficient (Wildman–Crippen LogP) is 2.87. The van der Waals surface area contributed by atoms with Crippen LogP contribution in [0.5, 0.6) is 5.75 Å². The van der Waals surface area contributed by atoms with Gasteiger partial charge in [0.1, 0.15) is 12.4 Å². The van der Waals surface area contributed by atoms with Crippen LogP contribution in [0.1, 0.15) is 6.92 Å². The van der Waals surface area contributed by atoms with Gasteiger partial charge >= 0.3 is 0 Å². The molecule has 2 nitrogen and oxygen atoms in total. The third-order valence-electron chi connectivity index (χ3n) is 1.71. The number of alkyl halides is 1. The fraction of sp³-hybridized carbons (Fsp3) is 0.455. The van der Waals surface area contributed by atoms with Crippen molar-refractivity contribution in [2.75, 3.05) is 18.5 Å². The predicted molar refractivity (Wildman–Crippen MR) is 61.1 cm³/mol. The van der Waals surface area contributed by atoms with Gasteiger partial charge in [0.2, 0.25) is 0 Å².